The SMILES string of the molecule is CC(C)n1nc(-c2cnc(N)c(C(F)(F)F)c2)cc1[C@H]1[C@@H]2C[C@@H](N3CCN(CC(F)F)CC3)C[C@@H]21. The standard InChI is InChI=1S/C24H31F5N6/c1-13(2)35-20(10-19(32-35)14-7-18(24(27,28)29)23(30)31-11-14)22-16-8-15(9-17(16)22)34-5-3-33(4-6-34)12-21(25)26/h7,10-11,13,15-17,21-22H,3-6,8-9,12H2,1-2H3,(H2,30,31)/t15-,16-,17+,22+. The number of hydrogen-bond acceptors (Lipinski definition) is 5. The smallest absolute Gasteiger partial charge is 0.383 e. The Hall–Kier alpha value is -2.27. The van der Waals surface area contributed by atoms with E-state index in [2.05, 4.69) is 15.0 Å². The number of fused-ring (bicyclic) bond motifs is 1. The first-order valence-corrected chi connectivity index (χ1v) is 12.2. The summed E-state index contributed by atoms with van der Waals surface area (Å²) in [5, 5.41) is 4.65. The van der Waals surface area contributed by atoms with Gasteiger partial charge in [0.05, 0.1) is 17.8 Å². The van der Waals surface area contributed by atoms with E-state index in [0.717, 1.165) is 37.7 Å². The summed E-state index contributed by atoms with van der Waals surface area (Å²) in [5.74, 6) is 0.856. The number of nitrogens with zero attached hydrogens (tertiary/aromatic N) is 5. The lowest BCUT2D eigenvalue weighted by molar-refractivity contribution is -0.137. The molecule has 3 aliphatic rings. The molecule has 3 heterocycles. The van der Waals surface area contributed by atoms with Crippen molar-refractivity contribution in [2.24, 2.45) is 11.8 Å². The van der Waals surface area contributed by atoms with Gasteiger partial charge in [-0.05, 0) is 50.7 Å². The van der Waals surface area contributed by atoms with Crippen molar-refractivity contribution in [2.45, 2.75) is 57.3 Å². The van der Waals surface area contributed by atoms with Crippen LogP contribution in [0.5, 0.6) is 0 Å². The maximum atomic E-state index is 13.3. The Morgan fingerprint density at radius 1 is 1.06 bits per heavy atom. The van der Waals surface area contributed by atoms with Crippen molar-refractivity contribution in [3.05, 3.63) is 29.6 Å². The van der Waals surface area contributed by atoms with E-state index in [4.69, 9.17) is 5.73 Å². The van der Waals surface area contributed by atoms with E-state index in [-0.39, 0.29) is 12.6 Å². The van der Waals surface area contributed by atoms with Gasteiger partial charge in [0.25, 0.3) is 6.43 Å². The first kappa shape index (κ1) is 24.4. The van der Waals surface area contributed by atoms with Crippen LogP contribution >= 0.6 is 0 Å². The van der Waals surface area contributed by atoms with E-state index in [9.17, 15) is 22.0 Å². The van der Waals surface area contributed by atoms with Crippen LogP contribution in [-0.4, -0.2) is 69.8 Å². The number of hydrogen-bond donors (Lipinski definition) is 1. The molecule has 2 saturated carbocycles. The molecule has 0 spiro atoms. The van der Waals surface area contributed by atoms with Crippen LogP contribution in [0.1, 0.15) is 49.9 Å². The van der Waals surface area contributed by atoms with Gasteiger partial charge in [0.15, 0.2) is 0 Å². The van der Waals surface area contributed by atoms with Crippen molar-refractivity contribution in [2.75, 3.05) is 38.5 Å². The summed E-state index contributed by atoms with van der Waals surface area (Å²) in [6.45, 7) is 6.88. The molecule has 192 valence electrons. The van der Waals surface area contributed by atoms with Gasteiger partial charge >= 0.3 is 6.18 Å². The Balaban J connectivity index is 1.28. The van der Waals surface area contributed by atoms with E-state index in [1.807, 2.05) is 29.5 Å². The maximum Gasteiger partial charge on any atom is 0.419 e. The van der Waals surface area contributed by atoms with Crippen LogP contribution < -0.4 is 5.73 Å². The van der Waals surface area contributed by atoms with Gasteiger partial charge in [-0.25, -0.2) is 13.8 Å². The van der Waals surface area contributed by atoms with E-state index in [0.29, 0.717) is 48.1 Å². The van der Waals surface area contributed by atoms with Crippen LogP contribution in [0.15, 0.2) is 18.3 Å². The lowest BCUT2D eigenvalue weighted by atomic mass is 10.0. The number of alkyl halides is 5. The lowest BCUT2D eigenvalue weighted by Crippen LogP contribution is -2.51. The van der Waals surface area contributed by atoms with Crippen LogP contribution in [0.2, 0.25) is 0 Å². The van der Waals surface area contributed by atoms with E-state index < -0.39 is 24.0 Å². The second-order valence-corrected chi connectivity index (χ2v) is 10.4. The molecule has 4 atom stereocenters. The van der Waals surface area contributed by atoms with Gasteiger partial charge in [-0.2, -0.15) is 18.3 Å². The van der Waals surface area contributed by atoms with E-state index in [1.54, 1.807) is 0 Å². The first-order valence-electron chi connectivity index (χ1n) is 12.2. The van der Waals surface area contributed by atoms with Crippen LogP contribution in [-0.2, 0) is 6.18 Å². The van der Waals surface area contributed by atoms with Crippen molar-refractivity contribution < 1.29 is 22.0 Å². The molecular weight excluding hydrogens is 467 g/mol. The fraction of sp³-hybridized carbons (Fsp3) is 0.667. The van der Waals surface area contributed by atoms with Crippen LogP contribution in [0.4, 0.5) is 27.8 Å². The zero-order chi connectivity index (χ0) is 25.1. The fourth-order valence-electron chi connectivity index (χ4n) is 6.11. The number of aromatic nitrogens is 3. The molecule has 0 radical (unpaired) electrons. The van der Waals surface area contributed by atoms with Crippen molar-refractivity contribution in [1.29, 1.82) is 0 Å². The summed E-state index contributed by atoms with van der Waals surface area (Å²) in [5.41, 5.74) is 6.36. The van der Waals surface area contributed by atoms with Gasteiger partial charge in [-0.3, -0.25) is 14.5 Å². The average Bonchev–Trinajstić information content (AvgIpc) is 3.13. The van der Waals surface area contributed by atoms with Gasteiger partial charge in [-0.1, -0.05) is 0 Å². The summed E-state index contributed by atoms with van der Waals surface area (Å²) in [4.78, 5) is 8.04. The largest absolute Gasteiger partial charge is 0.419 e. The predicted molar refractivity (Wildman–Crippen MR) is 122 cm³/mol. The van der Waals surface area contributed by atoms with Crippen molar-refractivity contribution >= 4 is 5.82 Å². The first-order chi connectivity index (χ1) is 16.5. The third kappa shape index (κ3) is 4.76. The monoisotopic (exact) mass is 498 g/mol. The van der Waals surface area contributed by atoms with E-state index >= 15 is 0 Å². The number of rotatable bonds is 6. The Morgan fingerprint density at radius 2 is 1.71 bits per heavy atom. The molecule has 35 heavy (non-hydrogen) atoms. The number of pyridine rings is 1. The molecule has 1 saturated heterocycles. The van der Waals surface area contributed by atoms with Crippen LogP contribution in [0, 0.1) is 11.8 Å². The molecular formula is C24H31F5N6. The predicted octanol–water partition coefficient (Wildman–Crippen LogP) is 4.50. The minimum absolute atomic E-state index is 0.0719. The van der Waals surface area contributed by atoms with Gasteiger partial charge in [0.1, 0.15) is 5.82 Å². The highest BCUT2D eigenvalue weighted by atomic mass is 19.4. The van der Waals surface area contributed by atoms with Gasteiger partial charge in [-0.15, -0.1) is 0 Å². The number of halogens is 5. The highest BCUT2D eigenvalue weighted by Gasteiger charge is 2.58. The molecule has 2 aliphatic carbocycles. The molecule has 11 heteroatoms. The highest BCUT2D eigenvalue weighted by Crippen LogP contribution is 2.64. The van der Waals surface area contributed by atoms with Crippen LogP contribution in [0.25, 0.3) is 11.3 Å². The van der Waals surface area contributed by atoms with Gasteiger partial charge in [0, 0.05) is 61.6 Å². The third-order valence-electron chi connectivity index (χ3n) is 7.85. The number of anilines is 1. The number of nitrogen functional groups attached to an aromatic ring is 1. The minimum Gasteiger partial charge on any atom is -0.383 e. The third-order valence-corrected chi connectivity index (χ3v) is 7.85. The summed E-state index contributed by atoms with van der Waals surface area (Å²) < 4.78 is 67.2. The Morgan fingerprint density at radius 3 is 2.29 bits per heavy atom. The zero-order valence-corrected chi connectivity index (χ0v) is 19.8. The average molecular weight is 499 g/mol. The van der Waals surface area contributed by atoms with Crippen molar-refractivity contribution in [3.63, 3.8) is 0 Å². The molecule has 3 fully saturated rings. The van der Waals surface area contributed by atoms with Gasteiger partial charge < -0.3 is 5.73 Å². The molecule has 0 amide bonds. The molecule has 0 bridgehead atoms. The highest BCUT2D eigenvalue weighted by molar-refractivity contribution is 5.63. The normalized spacial score (nSPS) is 27.7. The Bertz CT molecular complexity index is 1050. The Kier molecular flexibility index (Phi) is 6.27. The Labute approximate surface area is 201 Å². The molecule has 2 aromatic rings. The summed E-state index contributed by atoms with van der Waals surface area (Å²) in [7, 11) is 0. The zero-order valence-electron chi connectivity index (χ0n) is 19.8. The summed E-state index contributed by atoms with van der Waals surface area (Å²) in [6, 6.07) is 3.48. The fourth-order valence-corrected chi connectivity index (χ4v) is 6.11. The molecule has 0 unspecified atom stereocenters. The molecule has 2 N–H and O–H groups in total. The van der Waals surface area contributed by atoms with E-state index in [1.165, 1.54) is 6.20 Å². The molecule has 5 rings (SSSR count). The number of piperazine rings is 1. The van der Waals surface area contributed by atoms with Gasteiger partial charge in [0.2, 0.25) is 0 Å². The van der Waals surface area contributed by atoms with Crippen molar-refractivity contribution in [3.8, 4) is 11.3 Å². The van der Waals surface area contributed by atoms with Crippen molar-refractivity contribution in [1.82, 2.24) is 24.6 Å². The lowest BCUT2D eigenvalue weighted by Gasteiger charge is -2.38. The molecule has 0 aromatic carbocycles. The molecule has 1 aliphatic heterocycles. The quantitative estimate of drug-likeness (QED) is 0.595. The second-order valence-electron chi connectivity index (χ2n) is 10.4. The molecule has 6 nitrogen and oxygen atoms in total. The maximum absolute atomic E-state index is 13.3. The number of nitrogens with two attached hydrogens (primary N) is 1. The minimum atomic E-state index is -4.58. The topological polar surface area (TPSA) is 63.2 Å². The molecule has 2 aromatic heterocycles. The summed E-state index contributed by atoms with van der Waals surface area (Å²) >= 11 is 0. The summed E-state index contributed by atoms with van der Waals surface area (Å²) in [6.07, 6.45) is -3.40. The second kappa shape index (κ2) is 8.99. The van der Waals surface area contributed by atoms with Crippen LogP contribution in [0.3, 0.4) is 0 Å².